The van der Waals surface area contributed by atoms with Gasteiger partial charge in [-0.2, -0.15) is 0 Å². The smallest absolute Gasteiger partial charge is 0.285 e. The number of rotatable bonds is 4. The van der Waals surface area contributed by atoms with Gasteiger partial charge in [-0.15, -0.1) is 0 Å². The van der Waals surface area contributed by atoms with Gasteiger partial charge < -0.3 is 10.1 Å². The Hall–Kier alpha value is -3.17. The molecule has 0 saturated heterocycles. The second-order valence-electron chi connectivity index (χ2n) is 4.47. The molecule has 2 rings (SSSR count). The summed E-state index contributed by atoms with van der Waals surface area (Å²) in [6.07, 6.45) is 0. The van der Waals surface area contributed by atoms with Crippen LogP contribution in [-0.4, -0.2) is 17.9 Å². The molecule has 0 spiro atoms. The van der Waals surface area contributed by atoms with E-state index < -0.39 is 56.8 Å². The molecule has 2 aromatic rings. The monoisotopic (exact) mass is 344 g/mol. The van der Waals surface area contributed by atoms with Gasteiger partial charge in [-0.25, -0.2) is 17.6 Å². The van der Waals surface area contributed by atoms with Crippen molar-refractivity contribution in [2.45, 2.75) is 0 Å². The summed E-state index contributed by atoms with van der Waals surface area (Å²) in [6.45, 7) is 0. The zero-order valence-electron chi connectivity index (χ0n) is 11.9. The SMILES string of the molecule is COc1c(F)cc(NC(=O)c2cc(F)c(F)cc2[N+](=O)[O-])cc1F. The predicted molar refractivity (Wildman–Crippen MR) is 73.9 cm³/mol. The molecule has 0 aliphatic rings. The zero-order valence-corrected chi connectivity index (χ0v) is 11.9. The number of amides is 1. The van der Waals surface area contributed by atoms with Crippen LogP contribution < -0.4 is 10.1 Å². The molecular formula is C14H8F4N2O4. The lowest BCUT2D eigenvalue weighted by atomic mass is 10.1. The number of ether oxygens (including phenoxy) is 1. The lowest BCUT2D eigenvalue weighted by Gasteiger charge is -2.09. The molecule has 0 bridgehead atoms. The molecule has 126 valence electrons. The van der Waals surface area contributed by atoms with Gasteiger partial charge in [0.05, 0.1) is 18.1 Å². The normalized spacial score (nSPS) is 10.4. The number of nitro groups is 1. The van der Waals surface area contributed by atoms with Crippen LogP contribution in [0.5, 0.6) is 5.75 Å². The number of carbonyl (C=O) groups is 1. The molecule has 0 radical (unpaired) electrons. The van der Waals surface area contributed by atoms with Crippen molar-refractivity contribution in [1.29, 1.82) is 0 Å². The highest BCUT2D eigenvalue weighted by Crippen LogP contribution is 2.27. The Morgan fingerprint density at radius 2 is 1.58 bits per heavy atom. The number of methoxy groups -OCH3 is 1. The first-order valence-electron chi connectivity index (χ1n) is 6.22. The van der Waals surface area contributed by atoms with Gasteiger partial charge in [0.2, 0.25) is 0 Å². The van der Waals surface area contributed by atoms with Crippen LogP contribution in [0.4, 0.5) is 28.9 Å². The van der Waals surface area contributed by atoms with E-state index in [1.807, 2.05) is 5.32 Å². The summed E-state index contributed by atoms with van der Waals surface area (Å²) in [4.78, 5) is 21.7. The third-order valence-electron chi connectivity index (χ3n) is 2.94. The summed E-state index contributed by atoms with van der Waals surface area (Å²) in [5.74, 6) is -7.20. The zero-order chi connectivity index (χ0) is 18.0. The van der Waals surface area contributed by atoms with Crippen LogP contribution in [0.15, 0.2) is 24.3 Å². The van der Waals surface area contributed by atoms with Gasteiger partial charge in [0.25, 0.3) is 11.6 Å². The summed E-state index contributed by atoms with van der Waals surface area (Å²) in [6, 6.07) is 1.95. The maximum absolute atomic E-state index is 13.6. The Balaban J connectivity index is 2.41. The predicted octanol–water partition coefficient (Wildman–Crippen LogP) is 3.41. The minimum atomic E-state index is -1.51. The van der Waals surface area contributed by atoms with Gasteiger partial charge in [-0.1, -0.05) is 0 Å². The van der Waals surface area contributed by atoms with Crippen molar-refractivity contribution in [1.82, 2.24) is 0 Å². The standard InChI is InChI=1S/C14H8F4N2O4/c1-24-13-10(17)2-6(3-11(13)18)19-14(21)7-4-8(15)9(16)5-12(7)20(22)23/h2-5H,1H3,(H,19,21). The Morgan fingerprint density at radius 3 is 2.08 bits per heavy atom. The molecule has 0 saturated carbocycles. The molecule has 0 aliphatic carbocycles. The number of nitro benzene ring substituents is 1. The van der Waals surface area contributed by atoms with Gasteiger partial charge in [-0.3, -0.25) is 14.9 Å². The molecule has 1 amide bonds. The summed E-state index contributed by atoms with van der Waals surface area (Å²) >= 11 is 0. The first kappa shape index (κ1) is 17.2. The van der Waals surface area contributed by atoms with Crippen molar-refractivity contribution in [3.8, 4) is 5.75 Å². The van der Waals surface area contributed by atoms with Crippen molar-refractivity contribution in [3.63, 3.8) is 0 Å². The second kappa shape index (κ2) is 6.52. The van der Waals surface area contributed by atoms with Crippen LogP contribution in [0.25, 0.3) is 0 Å². The Kier molecular flexibility index (Phi) is 4.67. The van der Waals surface area contributed by atoms with Crippen LogP contribution in [-0.2, 0) is 0 Å². The number of benzene rings is 2. The lowest BCUT2D eigenvalue weighted by Crippen LogP contribution is -2.15. The van der Waals surface area contributed by atoms with E-state index in [0.29, 0.717) is 18.2 Å². The molecular weight excluding hydrogens is 336 g/mol. The Morgan fingerprint density at radius 1 is 1.04 bits per heavy atom. The molecule has 0 atom stereocenters. The number of nitrogens with zero attached hydrogens (tertiary/aromatic N) is 1. The molecule has 10 heteroatoms. The minimum Gasteiger partial charge on any atom is -0.491 e. The molecule has 6 nitrogen and oxygen atoms in total. The van der Waals surface area contributed by atoms with Crippen molar-refractivity contribution < 1.29 is 32.0 Å². The number of nitrogens with one attached hydrogen (secondary N) is 1. The fourth-order valence-corrected chi connectivity index (χ4v) is 1.89. The number of hydrogen-bond acceptors (Lipinski definition) is 4. The van der Waals surface area contributed by atoms with E-state index in [-0.39, 0.29) is 6.07 Å². The van der Waals surface area contributed by atoms with Gasteiger partial charge in [0, 0.05) is 17.8 Å². The van der Waals surface area contributed by atoms with Crippen LogP contribution in [0.2, 0.25) is 0 Å². The molecule has 24 heavy (non-hydrogen) atoms. The number of anilines is 1. The van der Waals surface area contributed by atoms with E-state index in [4.69, 9.17) is 0 Å². The van der Waals surface area contributed by atoms with Crippen LogP contribution in [0.1, 0.15) is 10.4 Å². The molecule has 2 aromatic carbocycles. The number of carbonyl (C=O) groups excluding carboxylic acids is 1. The number of halogens is 4. The molecule has 0 heterocycles. The minimum absolute atomic E-state index is 0.236. The van der Waals surface area contributed by atoms with Gasteiger partial charge in [-0.05, 0) is 6.07 Å². The van der Waals surface area contributed by atoms with Crippen molar-refractivity contribution in [2.75, 3.05) is 12.4 Å². The fourth-order valence-electron chi connectivity index (χ4n) is 1.89. The first-order chi connectivity index (χ1) is 11.2. The van der Waals surface area contributed by atoms with E-state index in [9.17, 15) is 32.5 Å². The van der Waals surface area contributed by atoms with E-state index in [2.05, 4.69) is 4.74 Å². The van der Waals surface area contributed by atoms with E-state index >= 15 is 0 Å². The van der Waals surface area contributed by atoms with E-state index in [0.717, 1.165) is 7.11 Å². The van der Waals surface area contributed by atoms with E-state index in [1.54, 1.807) is 0 Å². The van der Waals surface area contributed by atoms with Gasteiger partial charge in [0.15, 0.2) is 29.0 Å². The highest BCUT2D eigenvalue weighted by molar-refractivity contribution is 6.07. The maximum Gasteiger partial charge on any atom is 0.285 e. The highest BCUT2D eigenvalue weighted by atomic mass is 19.2. The average Bonchev–Trinajstić information content (AvgIpc) is 2.49. The van der Waals surface area contributed by atoms with Crippen LogP contribution >= 0.6 is 0 Å². The van der Waals surface area contributed by atoms with Crippen molar-refractivity contribution in [2.24, 2.45) is 0 Å². The topological polar surface area (TPSA) is 81.5 Å². The summed E-state index contributed by atoms with van der Waals surface area (Å²) in [5, 5.41) is 12.8. The quantitative estimate of drug-likeness (QED) is 0.523. The summed E-state index contributed by atoms with van der Waals surface area (Å²) < 4.78 is 57.9. The van der Waals surface area contributed by atoms with E-state index in [1.165, 1.54) is 0 Å². The fraction of sp³-hybridized carbons (Fsp3) is 0.0714. The third kappa shape index (κ3) is 3.26. The Bertz CT molecular complexity index is 819. The molecule has 0 unspecified atom stereocenters. The highest BCUT2D eigenvalue weighted by Gasteiger charge is 2.24. The summed E-state index contributed by atoms with van der Waals surface area (Å²) in [7, 11) is 1.03. The van der Waals surface area contributed by atoms with Crippen molar-refractivity contribution >= 4 is 17.3 Å². The van der Waals surface area contributed by atoms with Crippen LogP contribution in [0, 0.1) is 33.4 Å². The largest absolute Gasteiger partial charge is 0.491 e. The first-order valence-corrected chi connectivity index (χ1v) is 6.22. The molecule has 0 fully saturated rings. The summed E-state index contributed by atoms with van der Waals surface area (Å²) in [5.41, 5.74) is -2.20. The van der Waals surface area contributed by atoms with Crippen LogP contribution in [0.3, 0.4) is 0 Å². The molecule has 0 aliphatic heterocycles. The average molecular weight is 344 g/mol. The maximum atomic E-state index is 13.6. The van der Waals surface area contributed by atoms with Gasteiger partial charge >= 0.3 is 0 Å². The molecule has 1 N–H and O–H groups in total. The lowest BCUT2D eigenvalue weighted by molar-refractivity contribution is -0.385. The Labute approximate surface area is 131 Å². The van der Waals surface area contributed by atoms with Crippen molar-refractivity contribution in [3.05, 3.63) is 63.2 Å². The second-order valence-corrected chi connectivity index (χ2v) is 4.47. The molecule has 0 aromatic heterocycles. The number of hydrogen-bond donors (Lipinski definition) is 1. The third-order valence-corrected chi connectivity index (χ3v) is 2.94. The van der Waals surface area contributed by atoms with Gasteiger partial charge in [0.1, 0.15) is 5.56 Å².